The van der Waals surface area contributed by atoms with Crippen LogP contribution in [0.5, 0.6) is 0 Å². The number of nitrogens with zero attached hydrogens (tertiary/aromatic N) is 1. The van der Waals surface area contributed by atoms with E-state index in [9.17, 15) is 4.79 Å². The molecule has 1 N–H and O–H groups in total. The third-order valence-electron chi connectivity index (χ3n) is 2.95. The average molecular weight is 254 g/mol. The third kappa shape index (κ3) is 4.48. The molecule has 1 aromatic heterocycles. The topological polar surface area (TPSA) is 32.3 Å². The Labute approximate surface area is 108 Å². The lowest BCUT2D eigenvalue weighted by atomic mass is 10.2. The first kappa shape index (κ1) is 14.2. The molecule has 1 rings (SSSR count). The van der Waals surface area contributed by atoms with Crippen LogP contribution in [-0.2, 0) is 4.79 Å². The van der Waals surface area contributed by atoms with Crippen molar-refractivity contribution in [1.29, 1.82) is 0 Å². The first-order valence-electron chi connectivity index (χ1n) is 6.22. The number of hydrogen-bond acceptors (Lipinski definition) is 3. The highest BCUT2D eigenvalue weighted by atomic mass is 32.1. The van der Waals surface area contributed by atoms with Crippen LogP contribution in [0.4, 0.5) is 0 Å². The second-order valence-electron chi connectivity index (χ2n) is 4.05. The molecule has 1 amide bonds. The zero-order valence-electron chi connectivity index (χ0n) is 10.9. The van der Waals surface area contributed by atoms with E-state index >= 15 is 0 Å². The maximum atomic E-state index is 11.8. The zero-order valence-corrected chi connectivity index (χ0v) is 11.7. The Hall–Kier alpha value is -0.870. The van der Waals surface area contributed by atoms with Crippen molar-refractivity contribution in [2.75, 3.05) is 19.6 Å². The molecule has 0 bridgehead atoms. The maximum Gasteiger partial charge on any atom is 0.223 e. The monoisotopic (exact) mass is 254 g/mol. The summed E-state index contributed by atoms with van der Waals surface area (Å²) in [6.45, 7) is 8.51. The summed E-state index contributed by atoms with van der Waals surface area (Å²) in [4.78, 5) is 13.6. The van der Waals surface area contributed by atoms with Gasteiger partial charge in [0.1, 0.15) is 0 Å². The van der Waals surface area contributed by atoms with Gasteiger partial charge in [0.25, 0.3) is 0 Å². The number of nitrogens with one attached hydrogen (secondary N) is 1. The van der Waals surface area contributed by atoms with Crippen molar-refractivity contribution in [3.05, 3.63) is 22.4 Å². The van der Waals surface area contributed by atoms with E-state index in [1.807, 2.05) is 18.7 Å². The standard InChI is InChI=1S/C13H22N2OS/c1-4-15(5-2)13(16)6-8-14-11(3)12-7-9-17-10-12/h7,9-11,14H,4-6,8H2,1-3H3. The fourth-order valence-electron chi connectivity index (χ4n) is 1.77. The van der Waals surface area contributed by atoms with Crippen LogP contribution in [0, 0.1) is 0 Å². The van der Waals surface area contributed by atoms with Crippen molar-refractivity contribution in [2.24, 2.45) is 0 Å². The average Bonchev–Trinajstić information content (AvgIpc) is 2.84. The van der Waals surface area contributed by atoms with E-state index in [1.165, 1.54) is 5.56 Å². The van der Waals surface area contributed by atoms with Gasteiger partial charge in [-0.25, -0.2) is 0 Å². The molecule has 1 unspecified atom stereocenters. The molecule has 1 heterocycles. The van der Waals surface area contributed by atoms with Gasteiger partial charge in [0.2, 0.25) is 5.91 Å². The minimum Gasteiger partial charge on any atom is -0.343 e. The fourth-order valence-corrected chi connectivity index (χ4v) is 2.52. The van der Waals surface area contributed by atoms with Crippen LogP contribution in [0.1, 0.15) is 38.8 Å². The summed E-state index contributed by atoms with van der Waals surface area (Å²) >= 11 is 1.70. The van der Waals surface area contributed by atoms with E-state index in [1.54, 1.807) is 11.3 Å². The molecule has 0 aromatic carbocycles. The normalized spacial score (nSPS) is 12.4. The van der Waals surface area contributed by atoms with Gasteiger partial charge >= 0.3 is 0 Å². The van der Waals surface area contributed by atoms with Crippen LogP contribution in [-0.4, -0.2) is 30.4 Å². The minimum absolute atomic E-state index is 0.236. The van der Waals surface area contributed by atoms with Crippen LogP contribution in [0.15, 0.2) is 16.8 Å². The second kappa shape index (κ2) is 7.45. The molecule has 0 saturated carbocycles. The van der Waals surface area contributed by atoms with Crippen molar-refractivity contribution in [1.82, 2.24) is 10.2 Å². The number of thiophene rings is 1. The van der Waals surface area contributed by atoms with Gasteiger partial charge in [-0.05, 0) is 43.2 Å². The number of carbonyl (C=O) groups is 1. The highest BCUT2D eigenvalue weighted by molar-refractivity contribution is 7.07. The van der Waals surface area contributed by atoms with Crippen LogP contribution < -0.4 is 5.32 Å². The van der Waals surface area contributed by atoms with Crippen molar-refractivity contribution < 1.29 is 4.79 Å². The summed E-state index contributed by atoms with van der Waals surface area (Å²) in [6.07, 6.45) is 0.580. The Morgan fingerprint density at radius 1 is 1.47 bits per heavy atom. The molecule has 0 aliphatic carbocycles. The summed E-state index contributed by atoms with van der Waals surface area (Å²) in [5.74, 6) is 0.236. The Balaban J connectivity index is 2.26. The summed E-state index contributed by atoms with van der Waals surface area (Å²) < 4.78 is 0. The molecular formula is C13H22N2OS. The zero-order chi connectivity index (χ0) is 12.7. The van der Waals surface area contributed by atoms with Gasteiger partial charge in [-0.1, -0.05) is 0 Å². The third-order valence-corrected chi connectivity index (χ3v) is 3.65. The molecule has 1 atom stereocenters. The molecule has 0 spiro atoms. The summed E-state index contributed by atoms with van der Waals surface area (Å²) in [5, 5.41) is 7.60. The van der Waals surface area contributed by atoms with Crippen molar-refractivity contribution in [3.8, 4) is 0 Å². The molecule has 3 nitrogen and oxygen atoms in total. The van der Waals surface area contributed by atoms with Gasteiger partial charge in [-0.2, -0.15) is 11.3 Å². The van der Waals surface area contributed by atoms with Gasteiger partial charge in [0, 0.05) is 32.1 Å². The summed E-state index contributed by atoms with van der Waals surface area (Å²) in [6, 6.07) is 2.44. The maximum absolute atomic E-state index is 11.8. The largest absolute Gasteiger partial charge is 0.343 e. The first-order chi connectivity index (χ1) is 8.19. The lowest BCUT2D eigenvalue weighted by molar-refractivity contribution is -0.130. The van der Waals surface area contributed by atoms with E-state index in [0.29, 0.717) is 12.5 Å². The quantitative estimate of drug-likeness (QED) is 0.811. The molecule has 1 aromatic rings. The molecule has 0 radical (unpaired) electrons. The van der Waals surface area contributed by atoms with Crippen molar-refractivity contribution >= 4 is 17.2 Å². The number of carbonyl (C=O) groups excluding carboxylic acids is 1. The smallest absolute Gasteiger partial charge is 0.223 e. The van der Waals surface area contributed by atoms with Gasteiger partial charge < -0.3 is 10.2 Å². The van der Waals surface area contributed by atoms with Gasteiger partial charge in [0.05, 0.1) is 0 Å². The minimum atomic E-state index is 0.236. The Bertz CT molecular complexity index is 320. The molecule has 0 saturated heterocycles. The molecule has 17 heavy (non-hydrogen) atoms. The van der Waals surface area contributed by atoms with E-state index in [-0.39, 0.29) is 5.91 Å². The highest BCUT2D eigenvalue weighted by Crippen LogP contribution is 2.15. The molecule has 0 aliphatic heterocycles. The van der Waals surface area contributed by atoms with Gasteiger partial charge in [-0.15, -0.1) is 0 Å². The lowest BCUT2D eigenvalue weighted by Crippen LogP contribution is -2.33. The van der Waals surface area contributed by atoms with Crippen LogP contribution in [0.2, 0.25) is 0 Å². The van der Waals surface area contributed by atoms with Crippen molar-refractivity contribution in [3.63, 3.8) is 0 Å². The Morgan fingerprint density at radius 2 is 2.18 bits per heavy atom. The first-order valence-corrected chi connectivity index (χ1v) is 7.16. The molecule has 96 valence electrons. The summed E-state index contributed by atoms with van der Waals surface area (Å²) in [7, 11) is 0. The van der Waals surface area contributed by atoms with Gasteiger partial charge in [-0.3, -0.25) is 4.79 Å². The van der Waals surface area contributed by atoms with Crippen LogP contribution in [0.25, 0.3) is 0 Å². The molecular weight excluding hydrogens is 232 g/mol. The Kier molecular flexibility index (Phi) is 6.22. The molecule has 0 fully saturated rings. The van der Waals surface area contributed by atoms with E-state index in [2.05, 4.69) is 29.1 Å². The molecule has 4 heteroatoms. The van der Waals surface area contributed by atoms with Crippen LogP contribution in [0.3, 0.4) is 0 Å². The highest BCUT2D eigenvalue weighted by Gasteiger charge is 2.10. The van der Waals surface area contributed by atoms with Gasteiger partial charge in [0.15, 0.2) is 0 Å². The number of hydrogen-bond donors (Lipinski definition) is 1. The lowest BCUT2D eigenvalue weighted by Gasteiger charge is -2.19. The molecule has 0 aliphatic rings. The van der Waals surface area contributed by atoms with Crippen molar-refractivity contribution in [2.45, 2.75) is 33.2 Å². The second-order valence-corrected chi connectivity index (χ2v) is 4.83. The summed E-state index contributed by atoms with van der Waals surface area (Å²) in [5.41, 5.74) is 1.30. The van der Waals surface area contributed by atoms with E-state index in [4.69, 9.17) is 0 Å². The predicted molar refractivity (Wildman–Crippen MR) is 73.3 cm³/mol. The number of amides is 1. The predicted octanol–water partition coefficient (Wildman–Crippen LogP) is 2.66. The number of rotatable bonds is 7. The SMILES string of the molecule is CCN(CC)C(=O)CCNC(C)c1ccsc1. The van der Waals surface area contributed by atoms with E-state index in [0.717, 1.165) is 19.6 Å². The van der Waals surface area contributed by atoms with E-state index < -0.39 is 0 Å². The van der Waals surface area contributed by atoms with Crippen LogP contribution >= 0.6 is 11.3 Å². The fraction of sp³-hybridized carbons (Fsp3) is 0.615. The Morgan fingerprint density at radius 3 is 2.71 bits per heavy atom.